The van der Waals surface area contributed by atoms with Crippen LogP contribution >= 0.6 is 0 Å². The lowest BCUT2D eigenvalue weighted by Gasteiger charge is -2.44. The van der Waals surface area contributed by atoms with Crippen molar-refractivity contribution in [2.75, 3.05) is 0 Å². The number of hydrogen-bond donors (Lipinski definition) is 0. The van der Waals surface area contributed by atoms with Crippen molar-refractivity contribution in [2.24, 2.45) is 0 Å². The number of rotatable bonds is 5. The largest absolute Gasteiger partial charge is 0.367 e. The van der Waals surface area contributed by atoms with Crippen LogP contribution in [0.4, 0.5) is 0 Å². The van der Waals surface area contributed by atoms with Crippen LogP contribution in [0.2, 0.25) is 0 Å². The van der Waals surface area contributed by atoms with E-state index in [9.17, 15) is 15.3 Å². The van der Waals surface area contributed by atoms with Crippen LogP contribution in [0.1, 0.15) is 82.6 Å². The van der Waals surface area contributed by atoms with Gasteiger partial charge < -0.3 is 4.84 Å². The Morgan fingerprint density at radius 3 is 1.56 bits per heavy atom. The zero-order valence-electron chi connectivity index (χ0n) is 15.6. The summed E-state index contributed by atoms with van der Waals surface area (Å²) in [5.41, 5.74) is 1.76. The standard InChI is InChI=1S/C20H25N3O2/c1-6-19(7-2)17-10-15(12-21)16(13-22)11-18(17)20(8-3,9-4)23(19)25-14(5)24/h10-11H,6-9H2,1-5H3. The summed E-state index contributed by atoms with van der Waals surface area (Å²) < 4.78 is 0. The van der Waals surface area contributed by atoms with Crippen molar-refractivity contribution in [2.45, 2.75) is 71.4 Å². The third kappa shape index (κ3) is 2.51. The molecule has 0 N–H and O–H groups in total. The summed E-state index contributed by atoms with van der Waals surface area (Å²) >= 11 is 0. The molecule has 0 unspecified atom stereocenters. The molecule has 0 atom stereocenters. The van der Waals surface area contributed by atoms with E-state index >= 15 is 0 Å². The summed E-state index contributed by atoms with van der Waals surface area (Å²) in [7, 11) is 0. The summed E-state index contributed by atoms with van der Waals surface area (Å²) in [6, 6.07) is 7.91. The number of carbonyl (C=O) groups excluding carboxylic acids is 1. The van der Waals surface area contributed by atoms with Gasteiger partial charge >= 0.3 is 5.97 Å². The Labute approximate surface area is 149 Å². The second-order valence-electron chi connectivity index (χ2n) is 6.52. The zero-order chi connectivity index (χ0) is 18.8. The van der Waals surface area contributed by atoms with E-state index in [1.807, 2.05) is 17.2 Å². The lowest BCUT2D eigenvalue weighted by Crippen LogP contribution is -2.51. The molecule has 5 nitrogen and oxygen atoms in total. The monoisotopic (exact) mass is 339 g/mol. The molecule has 0 amide bonds. The first-order chi connectivity index (χ1) is 11.9. The Bertz CT molecular complexity index is 705. The van der Waals surface area contributed by atoms with Crippen molar-refractivity contribution >= 4 is 5.97 Å². The Morgan fingerprint density at radius 2 is 1.32 bits per heavy atom. The molecule has 0 fully saturated rings. The third-order valence-electron chi connectivity index (χ3n) is 5.74. The molecule has 1 aliphatic heterocycles. The van der Waals surface area contributed by atoms with Gasteiger partial charge in [-0.25, -0.2) is 0 Å². The van der Waals surface area contributed by atoms with E-state index in [0.29, 0.717) is 11.1 Å². The molecule has 0 radical (unpaired) electrons. The number of nitriles is 2. The van der Waals surface area contributed by atoms with E-state index in [0.717, 1.165) is 36.8 Å². The molecule has 2 rings (SSSR count). The number of carbonyl (C=O) groups is 1. The van der Waals surface area contributed by atoms with E-state index in [4.69, 9.17) is 4.84 Å². The zero-order valence-corrected chi connectivity index (χ0v) is 15.6. The van der Waals surface area contributed by atoms with Crippen LogP contribution in [-0.2, 0) is 20.7 Å². The summed E-state index contributed by atoms with van der Waals surface area (Å²) in [6.07, 6.45) is 2.95. The maximum Gasteiger partial charge on any atom is 0.322 e. The van der Waals surface area contributed by atoms with Crippen LogP contribution in [0.15, 0.2) is 12.1 Å². The number of nitrogens with zero attached hydrogens (tertiary/aromatic N) is 3. The lowest BCUT2D eigenvalue weighted by atomic mass is 9.81. The van der Waals surface area contributed by atoms with Gasteiger partial charge in [0, 0.05) is 6.92 Å². The van der Waals surface area contributed by atoms with E-state index in [-0.39, 0.29) is 5.97 Å². The first-order valence-corrected chi connectivity index (χ1v) is 8.88. The Hall–Kier alpha value is -2.37. The number of benzene rings is 1. The fourth-order valence-corrected chi connectivity index (χ4v) is 4.32. The summed E-state index contributed by atoms with van der Waals surface area (Å²) in [6.45, 7) is 9.67. The second kappa shape index (κ2) is 6.86. The maximum absolute atomic E-state index is 11.9. The normalized spacial score (nSPS) is 17.4. The molecule has 1 aliphatic rings. The molecule has 5 heteroatoms. The minimum Gasteiger partial charge on any atom is -0.367 e. The number of fused-ring (bicyclic) bond motifs is 1. The molecule has 0 aliphatic carbocycles. The molecule has 0 bridgehead atoms. The quantitative estimate of drug-likeness (QED) is 0.801. The lowest BCUT2D eigenvalue weighted by molar-refractivity contribution is -0.264. The average molecular weight is 339 g/mol. The van der Waals surface area contributed by atoms with Gasteiger partial charge in [0.15, 0.2) is 0 Å². The minimum atomic E-state index is -0.493. The Balaban J connectivity index is 2.91. The van der Waals surface area contributed by atoms with Crippen LogP contribution in [0.5, 0.6) is 0 Å². The van der Waals surface area contributed by atoms with E-state index in [1.165, 1.54) is 6.92 Å². The van der Waals surface area contributed by atoms with Crippen molar-refractivity contribution in [1.82, 2.24) is 5.06 Å². The highest BCUT2D eigenvalue weighted by Crippen LogP contribution is 2.56. The maximum atomic E-state index is 11.9. The van der Waals surface area contributed by atoms with Crippen LogP contribution < -0.4 is 0 Å². The average Bonchev–Trinajstić information content (AvgIpc) is 2.85. The number of hydroxylamine groups is 2. The van der Waals surface area contributed by atoms with Gasteiger partial charge in [0.05, 0.1) is 22.2 Å². The van der Waals surface area contributed by atoms with E-state index < -0.39 is 11.1 Å². The van der Waals surface area contributed by atoms with Gasteiger partial charge in [-0.15, -0.1) is 5.06 Å². The molecule has 1 aromatic carbocycles. The first-order valence-electron chi connectivity index (χ1n) is 8.88. The molecular formula is C20H25N3O2. The van der Waals surface area contributed by atoms with Crippen molar-refractivity contribution in [1.29, 1.82) is 10.5 Å². The van der Waals surface area contributed by atoms with Crippen molar-refractivity contribution in [3.8, 4) is 12.1 Å². The topological polar surface area (TPSA) is 77.1 Å². The molecule has 132 valence electrons. The Morgan fingerprint density at radius 1 is 0.960 bits per heavy atom. The van der Waals surface area contributed by atoms with Crippen molar-refractivity contribution in [3.63, 3.8) is 0 Å². The van der Waals surface area contributed by atoms with E-state index in [1.54, 1.807) is 0 Å². The predicted octanol–water partition coefficient (Wildman–Crippen LogP) is 4.25. The van der Waals surface area contributed by atoms with Gasteiger partial charge in [-0.1, -0.05) is 27.7 Å². The molecule has 0 spiro atoms. The molecular weight excluding hydrogens is 314 g/mol. The van der Waals surface area contributed by atoms with E-state index in [2.05, 4.69) is 39.8 Å². The summed E-state index contributed by atoms with van der Waals surface area (Å²) in [5.74, 6) is -0.355. The molecule has 1 aromatic rings. The van der Waals surface area contributed by atoms with Gasteiger partial charge in [0.2, 0.25) is 0 Å². The SMILES string of the molecule is CCC1(CC)c2cc(C#N)c(C#N)cc2C(CC)(CC)N1OC(C)=O. The highest BCUT2D eigenvalue weighted by molar-refractivity contribution is 5.66. The third-order valence-corrected chi connectivity index (χ3v) is 5.74. The summed E-state index contributed by atoms with van der Waals surface area (Å²) in [4.78, 5) is 17.6. The minimum absolute atomic E-state index is 0.355. The highest BCUT2D eigenvalue weighted by atomic mass is 16.7. The van der Waals surface area contributed by atoms with Gasteiger partial charge in [-0.3, -0.25) is 4.79 Å². The van der Waals surface area contributed by atoms with Crippen LogP contribution in [0.25, 0.3) is 0 Å². The van der Waals surface area contributed by atoms with Gasteiger partial charge in [0.25, 0.3) is 0 Å². The molecule has 0 saturated carbocycles. The van der Waals surface area contributed by atoms with Gasteiger partial charge in [-0.05, 0) is 48.9 Å². The van der Waals surface area contributed by atoms with Crippen LogP contribution in [0.3, 0.4) is 0 Å². The summed E-state index contributed by atoms with van der Waals surface area (Å²) in [5, 5.41) is 20.8. The van der Waals surface area contributed by atoms with Crippen LogP contribution in [-0.4, -0.2) is 11.0 Å². The molecule has 0 aromatic heterocycles. The molecule has 25 heavy (non-hydrogen) atoms. The molecule has 1 heterocycles. The fourth-order valence-electron chi connectivity index (χ4n) is 4.32. The van der Waals surface area contributed by atoms with Crippen molar-refractivity contribution < 1.29 is 9.63 Å². The predicted molar refractivity (Wildman–Crippen MR) is 94.0 cm³/mol. The molecule has 0 saturated heterocycles. The van der Waals surface area contributed by atoms with Gasteiger partial charge in [-0.2, -0.15) is 10.5 Å². The number of hydrogen-bond acceptors (Lipinski definition) is 5. The van der Waals surface area contributed by atoms with Gasteiger partial charge in [0.1, 0.15) is 12.1 Å². The second-order valence-corrected chi connectivity index (χ2v) is 6.52. The Kier molecular flexibility index (Phi) is 5.20. The highest BCUT2D eigenvalue weighted by Gasteiger charge is 2.58. The smallest absolute Gasteiger partial charge is 0.322 e. The van der Waals surface area contributed by atoms with Crippen LogP contribution in [0, 0.1) is 22.7 Å². The first kappa shape index (κ1) is 19.0. The fraction of sp³-hybridized carbons (Fsp3) is 0.550. The van der Waals surface area contributed by atoms with Crippen molar-refractivity contribution in [3.05, 3.63) is 34.4 Å².